The zero-order chi connectivity index (χ0) is 10.1. The van der Waals surface area contributed by atoms with Crippen molar-refractivity contribution in [2.24, 2.45) is 5.92 Å². The highest BCUT2D eigenvalue weighted by Crippen LogP contribution is 2.46. The number of rotatable bonds is 2. The first-order valence-electron chi connectivity index (χ1n) is 4.40. The van der Waals surface area contributed by atoms with E-state index in [1.54, 1.807) is 12.1 Å². The fraction of sp³-hybridized carbons (Fsp3) is 0.273. The highest BCUT2D eigenvalue weighted by molar-refractivity contribution is 6.30. The zero-order valence-corrected chi connectivity index (χ0v) is 8.16. The van der Waals surface area contributed by atoms with Crippen molar-refractivity contribution in [3.8, 4) is 6.07 Å². The quantitative estimate of drug-likeness (QED) is 0.697. The lowest BCUT2D eigenvalue weighted by atomic mass is 10.1. The topological polar surface area (TPSA) is 40.9 Å². The minimum atomic E-state index is 0.125. The molecule has 1 aliphatic rings. The van der Waals surface area contributed by atoms with Crippen LogP contribution in [0.15, 0.2) is 18.2 Å². The second-order valence-corrected chi connectivity index (χ2v) is 3.96. The van der Waals surface area contributed by atoms with Gasteiger partial charge in [0.25, 0.3) is 0 Å². The Balaban J connectivity index is 2.31. The number of carbonyl (C=O) groups excluding carboxylic acids is 1. The van der Waals surface area contributed by atoms with Crippen molar-refractivity contribution >= 4 is 17.9 Å². The molecule has 0 amide bonds. The predicted octanol–water partition coefficient (Wildman–Crippen LogP) is 2.51. The molecule has 3 heteroatoms. The first-order chi connectivity index (χ1) is 6.74. The van der Waals surface area contributed by atoms with E-state index in [0.29, 0.717) is 10.6 Å². The van der Waals surface area contributed by atoms with Gasteiger partial charge >= 0.3 is 0 Å². The molecular weight excluding hydrogens is 198 g/mol. The molecule has 1 saturated carbocycles. The van der Waals surface area contributed by atoms with Crippen molar-refractivity contribution in [3.63, 3.8) is 0 Å². The number of hydrogen-bond acceptors (Lipinski definition) is 2. The SMILES string of the molecule is N#Cc1cc(Cl)cc(C2CC2C=O)c1. The molecule has 1 aromatic rings. The van der Waals surface area contributed by atoms with E-state index in [2.05, 4.69) is 6.07 Å². The first kappa shape index (κ1) is 9.23. The Kier molecular flexibility index (Phi) is 2.26. The standard InChI is InChI=1S/C11H8ClNO/c12-10-2-7(5-13)1-8(3-10)11-4-9(11)6-14/h1-3,6,9,11H,4H2. The third-order valence-electron chi connectivity index (χ3n) is 2.49. The van der Waals surface area contributed by atoms with Crippen LogP contribution in [0.4, 0.5) is 0 Å². The Morgan fingerprint density at radius 3 is 2.86 bits per heavy atom. The van der Waals surface area contributed by atoms with E-state index < -0.39 is 0 Å². The third kappa shape index (κ3) is 1.64. The monoisotopic (exact) mass is 205 g/mol. The normalized spacial score (nSPS) is 24.0. The van der Waals surface area contributed by atoms with Crippen LogP contribution >= 0.6 is 11.6 Å². The summed E-state index contributed by atoms with van der Waals surface area (Å²) in [4.78, 5) is 10.5. The van der Waals surface area contributed by atoms with E-state index in [4.69, 9.17) is 16.9 Å². The van der Waals surface area contributed by atoms with Crippen LogP contribution in [0.2, 0.25) is 5.02 Å². The van der Waals surface area contributed by atoms with Gasteiger partial charge in [-0.2, -0.15) is 5.26 Å². The highest BCUT2D eigenvalue weighted by Gasteiger charge is 2.38. The van der Waals surface area contributed by atoms with E-state index in [1.807, 2.05) is 6.07 Å². The first-order valence-corrected chi connectivity index (χ1v) is 4.78. The molecule has 2 atom stereocenters. The summed E-state index contributed by atoms with van der Waals surface area (Å²) in [6.07, 6.45) is 1.85. The van der Waals surface area contributed by atoms with Crippen LogP contribution in [-0.4, -0.2) is 6.29 Å². The van der Waals surface area contributed by atoms with Crippen molar-refractivity contribution in [1.29, 1.82) is 5.26 Å². The average Bonchev–Trinajstić information content (AvgIpc) is 2.95. The molecule has 0 bridgehead atoms. The molecule has 14 heavy (non-hydrogen) atoms. The van der Waals surface area contributed by atoms with E-state index in [9.17, 15) is 4.79 Å². The number of benzene rings is 1. The summed E-state index contributed by atoms with van der Waals surface area (Å²) in [6, 6.07) is 7.31. The second kappa shape index (κ2) is 3.43. The molecule has 1 aromatic carbocycles. The van der Waals surface area contributed by atoms with Gasteiger partial charge in [-0.3, -0.25) is 0 Å². The molecule has 0 spiro atoms. The maximum atomic E-state index is 10.5. The molecule has 0 N–H and O–H groups in total. The molecule has 0 saturated heterocycles. The molecule has 0 radical (unpaired) electrons. The summed E-state index contributed by atoms with van der Waals surface area (Å²) in [7, 11) is 0. The van der Waals surface area contributed by atoms with E-state index in [0.717, 1.165) is 18.3 Å². The molecule has 1 aliphatic carbocycles. The molecule has 2 unspecified atom stereocenters. The van der Waals surface area contributed by atoms with Gasteiger partial charge in [0.15, 0.2) is 0 Å². The zero-order valence-electron chi connectivity index (χ0n) is 7.40. The second-order valence-electron chi connectivity index (χ2n) is 3.53. The largest absolute Gasteiger partial charge is 0.303 e. The van der Waals surface area contributed by atoms with Gasteiger partial charge in [0.1, 0.15) is 6.29 Å². The maximum absolute atomic E-state index is 10.5. The fourth-order valence-electron chi connectivity index (χ4n) is 1.64. The minimum absolute atomic E-state index is 0.125. The van der Waals surface area contributed by atoms with Crippen molar-refractivity contribution in [2.75, 3.05) is 0 Å². The van der Waals surface area contributed by atoms with Crippen LogP contribution in [0.25, 0.3) is 0 Å². The lowest BCUT2D eigenvalue weighted by Crippen LogP contribution is -1.86. The van der Waals surface area contributed by atoms with Gasteiger partial charge in [-0.05, 0) is 36.1 Å². The summed E-state index contributed by atoms with van der Waals surface area (Å²) < 4.78 is 0. The number of aldehydes is 1. The molecule has 2 rings (SSSR count). The van der Waals surface area contributed by atoms with E-state index in [1.165, 1.54) is 0 Å². The maximum Gasteiger partial charge on any atom is 0.123 e. The van der Waals surface area contributed by atoms with Gasteiger partial charge in [-0.1, -0.05) is 11.6 Å². The van der Waals surface area contributed by atoms with Crippen LogP contribution in [0.3, 0.4) is 0 Å². The van der Waals surface area contributed by atoms with Crippen molar-refractivity contribution in [1.82, 2.24) is 0 Å². The van der Waals surface area contributed by atoms with Crippen molar-refractivity contribution in [2.45, 2.75) is 12.3 Å². The van der Waals surface area contributed by atoms with Crippen LogP contribution < -0.4 is 0 Å². The Bertz CT molecular complexity index is 422. The van der Waals surface area contributed by atoms with Gasteiger partial charge in [-0.25, -0.2) is 0 Å². The molecule has 0 heterocycles. The van der Waals surface area contributed by atoms with E-state index in [-0.39, 0.29) is 11.8 Å². The Labute approximate surface area is 87.1 Å². The van der Waals surface area contributed by atoms with Crippen molar-refractivity contribution in [3.05, 3.63) is 34.3 Å². The third-order valence-corrected chi connectivity index (χ3v) is 2.71. The minimum Gasteiger partial charge on any atom is -0.303 e. The number of nitrogens with zero attached hydrogens (tertiary/aromatic N) is 1. The lowest BCUT2D eigenvalue weighted by molar-refractivity contribution is -0.108. The summed E-state index contributed by atoms with van der Waals surface area (Å²) >= 11 is 5.85. The van der Waals surface area contributed by atoms with Crippen LogP contribution in [0, 0.1) is 17.2 Å². The number of carbonyl (C=O) groups is 1. The Morgan fingerprint density at radius 1 is 1.50 bits per heavy atom. The number of halogens is 1. The predicted molar refractivity (Wildman–Crippen MR) is 53.1 cm³/mol. The summed E-state index contributed by atoms with van der Waals surface area (Å²) in [5.41, 5.74) is 1.56. The summed E-state index contributed by atoms with van der Waals surface area (Å²) in [6.45, 7) is 0. The molecule has 0 aromatic heterocycles. The Morgan fingerprint density at radius 2 is 2.29 bits per heavy atom. The van der Waals surface area contributed by atoms with Crippen LogP contribution in [0.5, 0.6) is 0 Å². The lowest BCUT2D eigenvalue weighted by Gasteiger charge is -2.00. The van der Waals surface area contributed by atoms with Gasteiger partial charge in [0.05, 0.1) is 11.6 Å². The summed E-state index contributed by atoms with van der Waals surface area (Å²) in [5, 5.41) is 9.30. The highest BCUT2D eigenvalue weighted by atomic mass is 35.5. The Hall–Kier alpha value is -1.33. The number of nitriles is 1. The molecular formula is C11H8ClNO. The smallest absolute Gasteiger partial charge is 0.123 e. The number of hydrogen-bond donors (Lipinski definition) is 0. The van der Waals surface area contributed by atoms with Gasteiger partial charge in [0.2, 0.25) is 0 Å². The average molecular weight is 206 g/mol. The van der Waals surface area contributed by atoms with E-state index >= 15 is 0 Å². The van der Waals surface area contributed by atoms with Gasteiger partial charge in [-0.15, -0.1) is 0 Å². The summed E-state index contributed by atoms with van der Waals surface area (Å²) in [5.74, 6) is 0.401. The van der Waals surface area contributed by atoms with Crippen LogP contribution in [-0.2, 0) is 4.79 Å². The van der Waals surface area contributed by atoms with Crippen molar-refractivity contribution < 1.29 is 4.79 Å². The molecule has 0 aliphatic heterocycles. The van der Waals surface area contributed by atoms with Gasteiger partial charge < -0.3 is 4.79 Å². The fourth-order valence-corrected chi connectivity index (χ4v) is 1.88. The molecule has 70 valence electrons. The van der Waals surface area contributed by atoms with Gasteiger partial charge in [0, 0.05) is 10.9 Å². The molecule has 2 nitrogen and oxygen atoms in total. The molecule has 1 fully saturated rings. The van der Waals surface area contributed by atoms with Crippen LogP contribution in [0.1, 0.15) is 23.5 Å².